The molecule has 11 heavy (non-hydrogen) atoms. The summed E-state index contributed by atoms with van der Waals surface area (Å²) in [5, 5.41) is 19.2. The topological polar surface area (TPSA) is 40.5 Å². The summed E-state index contributed by atoms with van der Waals surface area (Å²) in [6.45, 7) is 3.96. The number of halogens is 2. The van der Waals surface area contributed by atoms with Gasteiger partial charge in [-0.2, -0.15) is 0 Å². The molecule has 2 N–H and O–H groups in total. The van der Waals surface area contributed by atoms with Crippen LogP contribution in [0.4, 0.5) is 0 Å². The molecule has 0 aromatic rings. The molecule has 1 saturated carbocycles. The van der Waals surface area contributed by atoms with Crippen LogP contribution in [0, 0.1) is 0 Å². The Morgan fingerprint density at radius 2 is 1.55 bits per heavy atom. The van der Waals surface area contributed by atoms with Crippen molar-refractivity contribution in [3.8, 4) is 0 Å². The number of rotatable bonds is 0. The lowest BCUT2D eigenvalue weighted by molar-refractivity contribution is -0.166. The first-order valence-corrected chi connectivity index (χ1v) is 5.69. The van der Waals surface area contributed by atoms with Crippen LogP contribution >= 0.6 is 45.2 Å². The number of alkyl halides is 2. The number of hydrogen-bond acceptors (Lipinski definition) is 2. The lowest BCUT2D eigenvalue weighted by Crippen LogP contribution is -2.51. The summed E-state index contributed by atoms with van der Waals surface area (Å²) in [5.74, 6) is -1.50. The second-order valence-corrected chi connectivity index (χ2v) is 8.06. The van der Waals surface area contributed by atoms with Gasteiger partial charge in [0.2, 0.25) is 0 Å². The molecule has 0 radical (unpaired) electrons. The van der Waals surface area contributed by atoms with E-state index in [1.807, 2.05) is 6.92 Å². The van der Waals surface area contributed by atoms with Crippen molar-refractivity contribution in [1.29, 1.82) is 0 Å². The van der Waals surface area contributed by atoms with Crippen molar-refractivity contribution in [2.45, 2.75) is 39.3 Å². The smallest absolute Gasteiger partial charge is 0.178 e. The SMILES string of the molecule is CC1(I)CCC(O)(O)C1(C)I. The van der Waals surface area contributed by atoms with Gasteiger partial charge in [0.25, 0.3) is 0 Å². The van der Waals surface area contributed by atoms with Crippen molar-refractivity contribution in [2.75, 3.05) is 0 Å². The first kappa shape index (κ1) is 10.5. The Labute approximate surface area is 94.0 Å². The molecule has 0 amide bonds. The third-order valence-corrected chi connectivity index (χ3v) is 7.38. The molecule has 2 unspecified atom stereocenters. The molecule has 1 rings (SSSR count). The lowest BCUT2D eigenvalue weighted by atomic mass is 9.97. The zero-order valence-corrected chi connectivity index (χ0v) is 10.9. The van der Waals surface area contributed by atoms with Crippen LogP contribution in [0.3, 0.4) is 0 Å². The molecular formula is C7H12I2O2. The van der Waals surface area contributed by atoms with Gasteiger partial charge in [-0.05, 0) is 20.3 Å². The zero-order chi connectivity index (χ0) is 8.91. The Bertz CT molecular complexity index is 157. The largest absolute Gasteiger partial charge is 0.364 e. The van der Waals surface area contributed by atoms with E-state index in [0.717, 1.165) is 6.42 Å². The van der Waals surface area contributed by atoms with Gasteiger partial charge >= 0.3 is 0 Å². The molecule has 0 bridgehead atoms. The second-order valence-electron chi connectivity index (χ2n) is 3.52. The van der Waals surface area contributed by atoms with E-state index >= 15 is 0 Å². The van der Waals surface area contributed by atoms with E-state index < -0.39 is 9.21 Å². The van der Waals surface area contributed by atoms with Gasteiger partial charge < -0.3 is 10.2 Å². The van der Waals surface area contributed by atoms with E-state index in [4.69, 9.17) is 0 Å². The van der Waals surface area contributed by atoms with Gasteiger partial charge in [-0.1, -0.05) is 45.2 Å². The molecule has 1 aliphatic carbocycles. The first-order valence-electron chi connectivity index (χ1n) is 3.53. The predicted molar refractivity (Wildman–Crippen MR) is 61.3 cm³/mol. The molecule has 1 fully saturated rings. The Kier molecular flexibility index (Phi) is 2.55. The van der Waals surface area contributed by atoms with E-state index in [0.29, 0.717) is 6.42 Å². The standard InChI is InChI=1S/C7H12I2O2/c1-5(8)3-4-7(10,11)6(5,2)9/h10-11H,3-4H2,1-2H3. The summed E-state index contributed by atoms with van der Waals surface area (Å²) < 4.78 is -0.465. The summed E-state index contributed by atoms with van der Waals surface area (Å²) in [5.41, 5.74) is 0. The van der Waals surface area contributed by atoms with Crippen LogP contribution < -0.4 is 0 Å². The monoisotopic (exact) mass is 382 g/mol. The van der Waals surface area contributed by atoms with Crippen molar-refractivity contribution >= 4 is 45.2 Å². The Balaban J connectivity index is 3.00. The van der Waals surface area contributed by atoms with Gasteiger partial charge in [0, 0.05) is 9.84 Å². The Morgan fingerprint density at radius 3 is 1.64 bits per heavy atom. The summed E-state index contributed by atoms with van der Waals surface area (Å²) in [7, 11) is 0. The molecule has 1 aliphatic rings. The molecule has 0 aromatic heterocycles. The minimum atomic E-state index is -1.50. The maximum atomic E-state index is 9.60. The summed E-state index contributed by atoms with van der Waals surface area (Å²) in [4.78, 5) is 0. The highest BCUT2D eigenvalue weighted by molar-refractivity contribution is 14.1. The highest BCUT2D eigenvalue weighted by atomic mass is 127. The minimum absolute atomic E-state index is 0.0190. The first-order chi connectivity index (χ1) is 4.71. The molecule has 0 heterocycles. The fourth-order valence-corrected chi connectivity index (χ4v) is 2.54. The zero-order valence-electron chi connectivity index (χ0n) is 6.56. The molecular weight excluding hydrogens is 370 g/mol. The van der Waals surface area contributed by atoms with Crippen molar-refractivity contribution < 1.29 is 10.2 Å². The average molecular weight is 382 g/mol. The van der Waals surface area contributed by atoms with Crippen LogP contribution in [-0.4, -0.2) is 22.8 Å². The lowest BCUT2D eigenvalue weighted by Gasteiger charge is -2.37. The predicted octanol–water partition coefficient (Wildman–Crippen LogP) is 1.85. The highest BCUT2D eigenvalue weighted by Gasteiger charge is 2.60. The number of hydrogen-bond donors (Lipinski definition) is 2. The average Bonchev–Trinajstić information content (AvgIpc) is 1.93. The summed E-state index contributed by atoms with van der Waals surface area (Å²) in [6.07, 6.45) is 1.34. The molecule has 0 aromatic carbocycles. The van der Waals surface area contributed by atoms with Crippen molar-refractivity contribution in [1.82, 2.24) is 0 Å². The van der Waals surface area contributed by atoms with Crippen molar-refractivity contribution in [3.63, 3.8) is 0 Å². The fraction of sp³-hybridized carbons (Fsp3) is 1.00. The van der Waals surface area contributed by atoms with E-state index in [9.17, 15) is 10.2 Å². The molecule has 0 aliphatic heterocycles. The molecule has 2 nitrogen and oxygen atoms in total. The van der Waals surface area contributed by atoms with Crippen LogP contribution in [0.1, 0.15) is 26.7 Å². The molecule has 0 saturated heterocycles. The van der Waals surface area contributed by atoms with Crippen LogP contribution in [0.5, 0.6) is 0 Å². The van der Waals surface area contributed by atoms with E-state index in [-0.39, 0.29) is 3.42 Å². The van der Waals surface area contributed by atoms with Crippen LogP contribution in [-0.2, 0) is 0 Å². The van der Waals surface area contributed by atoms with Crippen LogP contribution in [0.2, 0.25) is 0 Å². The molecule has 0 spiro atoms. The normalized spacial score (nSPS) is 49.6. The van der Waals surface area contributed by atoms with Gasteiger partial charge in [0.1, 0.15) is 0 Å². The third kappa shape index (κ3) is 1.44. The Morgan fingerprint density at radius 1 is 1.09 bits per heavy atom. The van der Waals surface area contributed by atoms with Crippen molar-refractivity contribution in [3.05, 3.63) is 0 Å². The van der Waals surface area contributed by atoms with Crippen LogP contribution in [0.25, 0.3) is 0 Å². The fourth-order valence-electron chi connectivity index (χ4n) is 1.30. The van der Waals surface area contributed by atoms with E-state index in [2.05, 4.69) is 52.1 Å². The van der Waals surface area contributed by atoms with Crippen molar-refractivity contribution in [2.24, 2.45) is 0 Å². The minimum Gasteiger partial charge on any atom is -0.364 e. The van der Waals surface area contributed by atoms with E-state index in [1.54, 1.807) is 0 Å². The van der Waals surface area contributed by atoms with Gasteiger partial charge in [0.05, 0.1) is 3.42 Å². The van der Waals surface area contributed by atoms with Gasteiger partial charge in [-0.25, -0.2) is 0 Å². The third-order valence-electron chi connectivity index (χ3n) is 2.67. The highest BCUT2D eigenvalue weighted by Crippen LogP contribution is 2.55. The maximum Gasteiger partial charge on any atom is 0.178 e. The molecule has 4 heteroatoms. The summed E-state index contributed by atoms with van der Waals surface area (Å²) >= 11 is 4.45. The van der Waals surface area contributed by atoms with Crippen LogP contribution in [0.15, 0.2) is 0 Å². The maximum absolute atomic E-state index is 9.60. The van der Waals surface area contributed by atoms with Gasteiger partial charge in [-0.3, -0.25) is 0 Å². The van der Waals surface area contributed by atoms with Gasteiger partial charge in [0.15, 0.2) is 5.79 Å². The molecule has 66 valence electrons. The van der Waals surface area contributed by atoms with E-state index in [1.165, 1.54) is 0 Å². The molecule has 2 atom stereocenters. The quantitative estimate of drug-likeness (QED) is 0.382. The second kappa shape index (κ2) is 2.68. The Hall–Kier alpha value is 1.38. The van der Waals surface area contributed by atoms with Gasteiger partial charge in [-0.15, -0.1) is 0 Å². The number of aliphatic hydroxyl groups is 2. The summed E-state index contributed by atoms with van der Waals surface area (Å²) in [6, 6.07) is 0.